The predicted molar refractivity (Wildman–Crippen MR) is 82.5 cm³/mol. The summed E-state index contributed by atoms with van der Waals surface area (Å²) < 4.78 is 5.34. The van der Waals surface area contributed by atoms with Crippen LogP contribution in [0.4, 0.5) is 0 Å². The van der Waals surface area contributed by atoms with Crippen molar-refractivity contribution in [1.29, 1.82) is 0 Å². The van der Waals surface area contributed by atoms with Gasteiger partial charge in [0.1, 0.15) is 5.41 Å². The number of nitrogens with one attached hydrogen (secondary N) is 1. The van der Waals surface area contributed by atoms with Gasteiger partial charge in [-0.25, -0.2) is 0 Å². The minimum Gasteiger partial charge on any atom is -0.392 e. The van der Waals surface area contributed by atoms with E-state index in [-0.39, 0.29) is 11.9 Å². The lowest BCUT2D eigenvalue weighted by Crippen LogP contribution is -2.56. The Hall–Kier alpha value is -0.720. The first-order chi connectivity index (χ1) is 9.45. The van der Waals surface area contributed by atoms with E-state index in [0.29, 0.717) is 37.1 Å². The molecule has 2 aliphatic rings. The van der Waals surface area contributed by atoms with Crippen LogP contribution >= 0.6 is 12.2 Å². The zero-order chi connectivity index (χ0) is 14.8. The van der Waals surface area contributed by atoms with Gasteiger partial charge in [-0.05, 0) is 39.7 Å². The maximum Gasteiger partial charge on any atom is 0.233 e. The van der Waals surface area contributed by atoms with Gasteiger partial charge in [-0.15, -0.1) is 0 Å². The minimum absolute atomic E-state index is 0.00458. The molecule has 0 aromatic carbocycles. The molecule has 5 nitrogen and oxygen atoms in total. The van der Waals surface area contributed by atoms with Crippen molar-refractivity contribution in [2.75, 3.05) is 26.8 Å². The van der Waals surface area contributed by atoms with Gasteiger partial charge in [0, 0.05) is 31.8 Å². The topological polar surface area (TPSA) is 67.6 Å². The van der Waals surface area contributed by atoms with Crippen LogP contribution in [0.2, 0.25) is 0 Å². The Balaban J connectivity index is 2.00. The van der Waals surface area contributed by atoms with Gasteiger partial charge in [-0.1, -0.05) is 12.2 Å². The summed E-state index contributed by atoms with van der Waals surface area (Å²) in [6, 6.07) is 0.715. The number of rotatable bonds is 3. The summed E-state index contributed by atoms with van der Waals surface area (Å²) in [5.41, 5.74) is 5.16. The Bertz CT molecular complexity index is 383. The molecule has 114 valence electrons. The summed E-state index contributed by atoms with van der Waals surface area (Å²) in [4.78, 5) is 15.3. The van der Waals surface area contributed by atoms with E-state index >= 15 is 0 Å². The van der Waals surface area contributed by atoms with E-state index in [1.54, 1.807) is 0 Å². The molecule has 20 heavy (non-hydrogen) atoms. The van der Waals surface area contributed by atoms with Gasteiger partial charge in [0.2, 0.25) is 5.91 Å². The summed E-state index contributed by atoms with van der Waals surface area (Å²) in [6.07, 6.45) is 3.15. The molecule has 1 amide bonds. The first kappa shape index (κ1) is 15.7. The average molecular weight is 299 g/mol. The fourth-order valence-corrected chi connectivity index (χ4v) is 3.35. The van der Waals surface area contributed by atoms with Crippen molar-refractivity contribution in [2.45, 2.75) is 44.7 Å². The highest BCUT2D eigenvalue weighted by Crippen LogP contribution is 2.32. The number of amides is 1. The first-order valence-electron chi connectivity index (χ1n) is 7.34. The number of carbonyl (C=O) groups is 1. The quantitative estimate of drug-likeness (QED) is 0.750. The van der Waals surface area contributed by atoms with Crippen molar-refractivity contribution in [2.24, 2.45) is 11.1 Å². The average Bonchev–Trinajstić information content (AvgIpc) is 2.43. The van der Waals surface area contributed by atoms with Crippen LogP contribution in [0.3, 0.4) is 0 Å². The number of carbonyl (C=O) groups excluding carboxylic acids is 1. The van der Waals surface area contributed by atoms with E-state index in [9.17, 15) is 4.79 Å². The first-order valence-corrected chi connectivity index (χ1v) is 7.75. The maximum atomic E-state index is 12.7. The van der Waals surface area contributed by atoms with Crippen molar-refractivity contribution >= 4 is 23.1 Å². The van der Waals surface area contributed by atoms with Gasteiger partial charge in [-0.2, -0.15) is 0 Å². The number of likely N-dealkylation sites (tertiary alicyclic amines) is 1. The molecule has 2 unspecified atom stereocenters. The summed E-state index contributed by atoms with van der Waals surface area (Å²) >= 11 is 5.17. The van der Waals surface area contributed by atoms with Gasteiger partial charge in [0.15, 0.2) is 0 Å². The molecular formula is C14H25N3O2S. The van der Waals surface area contributed by atoms with E-state index in [4.69, 9.17) is 22.7 Å². The van der Waals surface area contributed by atoms with Crippen molar-refractivity contribution in [3.05, 3.63) is 0 Å². The molecule has 2 heterocycles. The molecule has 0 aromatic rings. The second-order valence-electron chi connectivity index (χ2n) is 6.08. The number of ether oxygens (including phenoxy) is 1. The van der Waals surface area contributed by atoms with Crippen LogP contribution < -0.4 is 11.1 Å². The molecule has 2 saturated heterocycles. The lowest BCUT2D eigenvalue weighted by atomic mass is 9.78. The highest BCUT2D eigenvalue weighted by Gasteiger charge is 2.43. The van der Waals surface area contributed by atoms with Gasteiger partial charge in [0.05, 0.1) is 4.99 Å². The van der Waals surface area contributed by atoms with E-state index in [1.165, 1.54) is 0 Å². The predicted octanol–water partition coefficient (Wildman–Crippen LogP) is 0.668. The van der Waals surface area contributed by atoms with Crippen LogP contribution in [0.15, 0.2) is 0 Å². The number of piperidine rings is 1. The third-order valence-electron chi connectivity index (χ3n) is 4.80. The van der Waals surface area contributed by atoms with Crippen LogP contribution in [0.1, 0.15) is 32.6 Å². The zero-order valence-electron chi connectivity index (χ0n) is 12.4. The van der Waals surface area contributed by atoms with Crippen molar-refractivity contribution in [3.8, 4) is 0 Å². The lowest BCUT2D eigenvalue weighted by Gasteiger charge is -2.39. The summed E-state index contributed by atoms with van der Waals surface area (Å²) in [5, 5.41) is 3.17. The van der Waals surface area contributed by atoms with Gasteiger partial charge in [0.25, 0.3) is 0 Å². The molecule has 2 atom stereocenters. The zero-order valence-corrected chi connectivity index (χ0v) is 13.2. The van der Waals surface area contributed by atoms with E-state index in [0.717, 1.165) is 19.4 Å². The van der Waals surface area contributed by atoms with Crippen LogP contribution in [0.5, 0.6) is 0 Å². The maximum absolute atomic E-state index is 12.7. The van der Waals surface area contributed by atoms with E-state index < -0.39 is 5.41 Å². The Morgan fingerprint density at radius 2 is 2.10 bits per heavy atom. The normalized spacial score (nSPS) is 30.7. The van der Waals surface area contributed by atoms with Crippen LogP contribution in [0, 0.1) is 5.41 Å². The van der Waals surface area contributed by atoms with E-state index in [1.807, 2.05) is 0 Å². The molecule has 6 heteroatoms. The molecule has 0 saturated carbocycles. The minimum atomic E-state index is -0.708. The molecular weight excluding hydrogens is 274 g/mol. The standard InChI is InChI=1S/C14H25N3O2S/c1-10-9-11(3-6-17(10)2)16-13(18)14(12(15)20)4-7-19-8-5-14/h10-11H,3-9H2,1-2H3,(H2,15,20)(H,16,18). The van der Waals surface area contributed by atoms with Crippen LogP contribution in [-0.2, 0) is 9.53 Å². The third kappa shape index (κ3) is 3.13. The molecule has 3 N–H and O–H groups in total. The number of hydrogen-bond donors (Lipinski definition) is 2. The summed E-state index contributed by atoms with van der Waals surface area (Å²) in [5.74, 6) is -0.00458. The molecule has 2 rings (SSSR count). The molecule has 0 radical (unpaired) electrons. The Morgan fingerprint density at radius 1 is 1.45 bits per heavy atom. The highest BCUT2D eigenvalue weighted by molar-refractivity contribution is 7.80. The van der Waals surface area contributed by atoms with Gasteiger partial charge in [-0.3, -0.25) is 4.79 Å². The largest absolute Gasteiger partial charge is 0.392 e. The lowest BCUT2D eigenvalue weighted by molar-refractivity contribution is -0.132. The Morgan fingerprint density at radius 3 is 2.65 bits per heavy atom. The molecule has 0 aliphatic carbocycles. The molecule has 0 spiro atoms. The summed E-state index contributed by atoms with van der Waals surface area (Å²) in [7, 11) is 2.12. The summed E-state index contributed by atoms with van der Waals surface area (Å²) in [6.45, 7) is 4.30. The highest BCUT2D eigenvalue weighted by atomic mass is 32.1. The third-order valence-corrected chi connectivity index (χ3v) is 5.19. The Labute approximate surface area is 126 Å². The fraction of sp³-hybridized carbons (Fsp3) is 0.857. The molecule has 0 aromatic heterocycles. The van der Waals surface area contributed by atoms with Crippen LogP contribution in [0.25, 0.3) is 0 Å². The molecule has 2 fully saturated rings. The van der Waals surface area contributed by atoms with Gasteiger partial charge < -0.3 is 20.7 Å². The number of hydrogen-bond acceptors (Lipinski definition) is 4. The second kappa shape index (κ2) is 6.37. The van der Waals surface area contributed by atoms with Crippen molar-refractivity contribution in [1.82, 2.24) is 10.2 Å². The van der Waals surface area contributed by atoms with Crippen molar-refractivity contribution < 1.29 is 9.53 Å². The fourth-order valence-electron chi connectivity index (χ4n) is 3.05. The second-order valence-corrected chi connectivity index (χ2v) is 6.52. The number of thiocarbonyl (C=S) groups is 1. The monoisotopic (exact) mass is 299 g/mol. The SMILES string of the molecule is CC1CC(NC(=O)C2(C(N)=S)CCOCC2)CCN1C. The Kier molecular flexibility index (Phi) is 4.99. The van der Waals surface area contributed by atoms with E-state index in [2.05, 4.69) is 24.2 Å². The molecule has 0 bridgehead atoms. The smallest absolute Gasteiger partial charge is 0.233 e. The van der Waals surface area contributed by atoms with Crippen LogP contribution in [-0.4, -0.2) is 54.7 Å². The van der Waals surface area contributed by atoms with Gasteiger partial charge >= 0.3 is 0 Å². The number of nitrogens with zero attached hydrogens (tertiary/aromatic N) is 1. The van der Waals surface area contributed by atoms with Crippen molar-refractivity contribution in [3.63, 3.8) is 0 Å². The number of nitrogens with two attached hydrogens (primary N) is 1. The molecule has 2 aliphatic heterocycles.